The van der Waals surface area contributed by atoms with Crippen LogP contribution in [0, 0.1) is 0 Å². The third-order valence-electron chi connectivity index (χ3n) is 7.24. The summed E-state index contributed by atoms with van der Waals surface area (Å²) < 4.78 is 23.7. The van der Waals surface area contributed by atoms with Crippen LogP contribution in [0.25, 0.3) is 0 Å². The number of nitrogens with two attached hydrogens (primary N) is 3. The molecule has 0 spiro atoms. The molecular weight excluding hydrogens is 434 g/mol. The lowest BCUT2D eigenvalue weighted by atomic mass is 9.84. The molecule has 3 fully saturated rings. The molecule has 0 bridgehead atoms. The topological polar surface area (TPSA) is 200 Å². The highest BCUT2D eigenvalue weighted by Gasteiger charge is 2.50. The second-order valence-corrected chi connectivity index (χ2v) is 9.91. The molecule has 12 heteroatoms. The van der Waals surface area contributed by atoms with E-state index in [9.17, 15) is 15.3 Å². The fourth-order valence-electron chi connectivity index (χ4n) is 5.04. The summed E-state index contributed by atoms with van der Waals surface area (Å²) in [6.45, 7) is 3.52. The largest absolute Gasteiger partial charge is 0.388 e. The molecule has 3 unspecified atom stereocenters. The van der Waals surface area contributed by atoms with E-state index in [1.807, 2.05) is 14.0 Å². The molecule has 11 N–H and O–H groups in total. The van der Waals surface area contributed by atoms with Crippen LogP contribution in [-0.2, 0) is 18.9 Å². The van der Waals surface area contributed by atoms with Gasteiger partial charge in [-0.05, 0) is 47.2 Å². The highest BCUT2D eigenvalue weighted by Crippen LogP contribution is 2.31. The van der Waals surface area contributed by atoms with Gasteiger partial charge in [0.1, 0.15) is 30.0 Å². The summed E-state index contributed by atoms with van der Waals surface area (Å²) >= 11 is 0. The molecule has 0 aromatic rings. The van der Waals surface area contributed by atoms with Crippen molar-refractivity contribution in [3.8, 4) is 0 Å². The molecule has 1 aliphatic carbocycles. The third-order valence-corrected chi connectivity index (χ3v) is 7.24. The highest BCUT2D eigenvalue weighted by molar-refractivity contribution is 5.02. The summed E-state index contributed by atoms with van der Waals surface area (Å²) in [5.74, 6) is 0. The summed E-state index contributed by atoms with van der Waals surface area (Å²) in [4.78, 5) is 0. The molecule has 194 valence electrons. The van der Waals surface area contributed by atoms with E-state index in [0.717, 1.165) is 6.42 Å². The van der Waals surface area contributed by atoms with Crippen LogP contribution in [0.1, 0.15) is 33.1 Å². The molecule has 3 rings (SSSR count). The van der Waals surface area contributed by atoms with Crippen molar-refractivity contribution in [2.45, 2.75) is 112 Å². The molecular formula is C21H43N5O7. The standard InChI is InChI=1S/C21H43N5O7/c1-9(25-3)13-6-5-10(22)19(31-13)32-16-11(23)7-12(24)17(14(16)27)33-20-15(28)18(26-4)21(2,29)8-30-20/h9-20,25-29H,5-8,22-24H2,1-4H3/t9-,10?,11+,12+,13-,14+,15-,16-,17-,18?,19+,20-,21?/m1/s1. The first kappa shape index (κ1) is 27.1. The Labute approximate surface area is 195 Å². The van der Waals surface area contributed by atoms with E-state index in [1.165, 1.54) is 0 Å². The van der Waals surface area contributed by atoms with Gasteiger partial charge in [0, 0.05) is 18.1 Å². The zero-order chi connectivity index (χ0) is 24.5. The van der Waals surface area contributed by atoms with Gasteiger partial charge in [-0.1, -0.05) is 0 Å². The van der Waals surface area contributed by atoms with E-state index in [4.69, 9.17) is 36.1 Å². The molecule has 13 atom stereocenters. The SMILES string of the molecule is CNC1[C@@H](O)[C@@H](O[C@H]2[C@@H](O)[C@H](O[C@@H]3O[C@@H]([C@@H](C)NC)CCC3N)[C@@H](N)C[C@@H]2N)OCC1(C)O. The molecule has 0 aromatic heterocycles. The maximum absolute atomic E-state index is 11.1. The van der Waals surface area contributed by atoms with E-state index in [1.54, 1.807) is 14.0 Å². The average Bonchev–Trinajstić information content (AvgIpc) is 2.76. The van der Waals surface area contributed by atoms with Gasteiger partial charge in [-0.2, -0.15) is 0 Å². The first-order chi connectivity index (χ1) is 15.5. The molecule has 33 heavy (non-hydrogen) atoms. The van der Waals surface area contributed by atoms with Crippen LogP contribution in [-0.4, -0.2) is 115 Å². The summed E-state index contributed by atoms with van der Waals surface area (Å²) in [6, 6.07) is -2.11. The van der Waals surface area contributed by atoms with Crippen molar-refractivity contribution in [2.24, 2.45) is 17.2 Å². The Morgan fingerprint density at radius 3 is 2.15 bits per heavy atom. The number of rotatable bonds is 7. The number of nitrogens with one attached hydrogen (secondary N) is 2. The molecule has 12 nitrogen and oxygen atoms in total. The van der Waals surface area contributed by atoms with Gasteiger partial charge < -0.3 is 62.1 Å². The Morgan fingerprint density at radius 2 is 1.58 bits per heavy atom. The summed E-state index contributed by atoms with van der Waals surface area (Å²) in [6.07, 6.45) is -4.22. The summed E-state index contributed by atoms with van der Waals surface area (Å²) in [7, 11) is 3.49. The van der Waals surface area contributed by atoms with E-state index in [-0.39, 0.29) is 24.8 Å². The summed E-state index contributed by atoms with van der Waals surface area (Å²) in [5.41, 5.74) is 17.5. The van der Waals surface area contributed by atoms with Gasteiger partial charge in [0.15, 0.2) is 12.6 Å². The maximum atomic E-state index is 11.1. The fourth-order valence-corrected chi connectivity index (χ4v) is 5.04. The van der Waals surface area contributed by atoms with Crippen molar-refractivity contribution in [1.29, 1.82) is 0 Å². The molecule has 2 saturated heterocycles. The summed E-state index contributed by atoms with van der Waals surface area (Å²) in [5, 5.41) is 38.3. The van der Waals surface area contributed by atoms with E-state index in [0.29, 0.717) is 12.8 Å². The van der Waals surface area contributed by atoms with Crippen molar-refractivity contribution >= 4 is 0 Å². The second-order valence-electron chi connectivity index (χ2n) is 9.91. The van der Waals surface area contributed by atoms with Gasteiger partial charge in [-0.15, -0.1) is 0 Å². The molecule has 0 amide bonds. The van der Waals surface area contributed by atoms with Crippen molar-refractivity contribution < 1.29 is 34.3 Å². The lowest BCUT2D eigenvalue weighted by Gasteiger charge is -2.48. The molecule has 2 heterocycles. The minimum atomic E-state index is -1.29. The minimum Gasteiger partial charge on any atom is -0.388 e. The third kappa shape index (κ3) is 5.85. The average molecular weight is 478 g/mol. The Hall–Kier alpha value is -0.480. The predicted molar refractivity (Wildman–Crippen MR) is 120 cm³/mol. The van der Waals surface area contributed by atoms with Crippen molar-refractivity contribution in [2.75, 3.05) is 20.7 Å². The van der Waals surface area contributed by atoms with Crippen molar-refractivity contribution in [3.05, 3.63) is 0 Å². The number of ether oxygens (including phenoxy) is 4. The van der Waals surface area contributed by atoms with Gasteiger partial charge in [-0.25, -0.2) is 0 Å². The number of hydrogen-bond acceptors (Lipinski definition) is 12. The number of likely N-dealkylation sites (N-methyl/N-ethyl adjacent to an activating group) is 2. The van der Waals surface area contributed by atoms with Gasteiger partial charge in [0.05, 0.1) is 24.8 Å². The first-order valence-electron chi connectivity index (χ1n) is 11.8. The molecule has 0 radical (unpaired) electrons. The molecule has 3 aliphatic rings. The van der Waals surface area contributed by atoms with Crippen LogP contribution < -0.4 is 27.8 Å². The maximum Gasteiger partial charge on any atom is 0.185 e. The van der Waals surface area contributed by atoms with Crippen molar-refractivity contribution in [1.82, 2.24) is 10.6 Å². The minimum absolute atomic E-state index is 0.0620. The van der Waals surface area contributed by atoms with Gasteiger partial charge in [0.25, 0.3) is 0 Å². The monoisotopic (exact) mass is 477 g/mol. The van der Waals surface area contributed by atoms with Crippen LogP contribution in [0.15, 0.2) is 0 Å². The van der Waals surface area contributed by atoms with Crippen molar-refractivity contribution in [3.63, 3.8) is 0 Å². The van der Waals surface area contributed by atoms with Gasteiger partial charge in [-0.3, -0.25) is 0 Å². The zero-order valence-electron chi connectivity index (χ0n) is 20.0. The number of hydrogen-bond donors (Lipinski definition) is 8. The Bertz CT molecular complexity index is 632. The molecule has 1 saturated carbocycles. The van der Waals surface area contributed by atoms with E-state index in [2.05, 4.69) is 10.6 Å². The van der Waals surface area contributed by atoms with Crippen LogP contribution in [0.2, 0.25) is 0 Å². The Morgan fingerprint density at radius 1 is 0.970 bits per heavy atom. The smallest absolute Gasteiger partial charge is 0.185 e. The lowest BCUT2D eigenvalue weighted by Crippen LogP contribution is -2.68. The van der Waals surface area contributed by atoms with Crippen LogP contribution in [0.3, 0.4) is 0 Å². The molecule has 2 aliphatic heterocycles. The second kappa shape index (κ2) is 11.1. The quantitative estimate of drug-likeness (QED) is 0.182. The normalized spacial score (nSPS) is 50.2. The van der Waals surface area contributed by atoms with Gasteiger partial charge in [0.2, 0.25) is 0 Å². The van der Waals surface area contributed by atoms with Gasteiger partial charge >= 0.3 is 0 Å². The number of aliphatic hydroxyl groups is 3. The Kier molecular flexibility index (Phi) is 9.09. The van der Waals surface area contributed by atoms with E-state index >= 15 is 0 Å². The fraction of sp³-hybridized carbons (Fsp3) is 1.00. The first-order valence-corrected chi connectivity index (χ1v) is 11.8. The number of aliphatic hydroxyl groups excluding tert-OH is 2. The van der Waals surface area contributed by atoms with Crippen LogP contribution in [0.5, 0.6) is 0 Å². The van der Waals surface area contributed by atoms with E-state index < -0.39 is 60.7 Å². The highest BCUT2D eigenvalue weighted by atomic mass is 16.7. The lowest BCUT2D eigenvalue weighted by molar-refractivity contribution is -0.307. The van der Waals surface area contributed by atoms with Crippen LogP contribution in [0.4, 0.5) is 0 Å². The Balaban J connectivity index is 1.68. The molecule has 0 aromatic carbocycles. The predicted octanol–water partition coefficient (Wildman–Crippen LogP) is -3.33. The zero-order valence-corrected chi connectivity index (χ0v) is 20.0. The van der Waals surface area contributed by atoms with Crippen LogP contribution >= 0.6 is 0 Å².